The average molecular weight is 212 g/mol. The number of nitrogens with two attached hydrogens (primary N) is 1. The van der Waals surface area contributed by atoms with Crippen molar-refractivity contribution in [3.8, 4) is 5.88 Å². The van der Waals surface area contributed by atoms with Crippen LogP contribution in [-0.4, -0.2) is 43.4 Å². The summed E-state index contributed by atoms with van der Waals surface area (Å²) >= 11 is 0. The molecule has 0 saturated carbocycles. The topological polar surface area (TPSA) is 82.3 Å². The number of methoxy groups -OCH3 is 1. The van der Waals surface area contributed by atoms with Gasteiger partial charge in [-0.25, -0.2) is 0 Å². The smallest absolute Gasteiger partial charge is 0.233 e. The van der Waals surface area contributed by atoms with Gasteiger partial charge in [0.15, 0.2) is 0 Å². The minimum absolute atomic E-state index is 0.489. The van der Waals surface area contributed by atoms with Crippen LogP contribution in [0.25, 0.3) is 0 Å². The van der Waals surface area contributed by atoms with Gasteiger partial charge in [0.25, 0.3) is 0 Å². The first kappa shape index (κ1) is 11.7. The molecule has 1 heterocycles. The van der Waals surface area contributed by atoms with Gasteiger partial charge in [-0.2, -0.15) is 4.98 Å². The van der Waals surface area contributed by atoms with Crippen molar-refractivity contribution in [1.82, 2.24) is 9.97 Å². The van der Waals surface area contributed by atoms with Crippen molar-refractivity contribution >= 4 is 5.82 Å². The second kappa shape index (κ2) is 6.97. The molecule has 0 saturated heterocycles. The second-order valence-electron chi connectivity index (χ2n) is 2.77. The van der Waals surface area contributed by atoms with Crippen LogP contribution in [-0.2, 0) is 4.74 Å². The Balaban J connectivity index is 2.24. The largest absolute Gasteiger partial charge is 0.480 e. The van der Waals surface area contributed by atoms with E-state index in [1.54, 1.807) is 19.5 Å². The Morgan fingerprint density at radius 3 is 3.00 bits per heavy atom. The molecule has 1 aromatic heterocycles. The highest BCUT2D eigenvalue weighted by atomic mass is 16.5. The van der Waals surface area contributed by atoms with Gasteiger partial charge in [0, 0.05) is 13.1 Å². The van der Waals surface area contributed by atoms with Gasteiger partial charge in [-0.3, -0.25) is 4.98 Å². The van der Waals surface area contributed by atoms with Crippen LogP contribution in [0, 0.1) is 0 Å². The summed E-state index contributed by atoms with van der Waals surface area (Å²) in [6.45, 7) is 2.38. The Bertz CT molecular complexity index is 283. The fourth-order valence-electron chi connectivity index (χ4n) is 0.968. The van der Waals surface area contributed by atoms with E-state index in [9.17, 15) is 0 Å². The zero-order chi connectivity index (χ0) is 10.9. The SMILES string of the molecule is COc1cncc(NCCOCCN)n1. The highest BCUT2D eigenvalue weighted by Gasteiger charge is 1.96. The van der Waals surface area contributed by atoms with Gasteiger partial charge < -0.3 is 20.5 Å². The molecule has 3 N–H and O–H groups in total. The lowest BCUT2D eigenvalue weighted by atomic mass is 10.6. The van der Waals surface area contributed by atoms with E-state index in [0.29, 0.717) is 38.0 Å². The predicted molar refractivity (Wildman–Crippen MR) is 56.9 cm³/mol. The molecule has 6 nitrogen and oxygen atoms in total. The molecule has 0 aromatic carbocycles. The van der Waals surface area contributed by atoms with Crippen LogP contribution in [0.4, 0.5) is 5.82 Å². The molecule has 0 aliphatic rings. The Kier molecular flexibility index (Phi) is 5.42. The second-order valence-corrected chi connectivity index (χ2v) is 2.77. The Hall–Kier alpha value is -1.40. The molecule has 1 rings (SSSR count). The van der Waals surface area contributed by atoms with Gasteiger partial charge in [0.2, 0.25) is 5.88 Å². The molecule has 0 unspecified atom stereocenters. The van der Waals surface area contributed by atoms with Crippen LogP contribution in [0.15, 0.2) is 12.4 Å². The third-order valence-electron chi connectivity index (χ3n) is 1.64. The average Bonchev–Trinajstić information content (AvgIpc) is 2.29. The quantitative estimate of drug-likeness (QED) is 0.613. The van der Waals surface area contributed by atoms with Gasteiger partial charge in [-0.05, 0) is 0 Å². The van der Waals surface area contributed by atoms with Gasteiger partial charge in [0.05, 0.1) is 32.7 Å². The summed E-state index contributed by atoms with van der Waals surface area (Å²) in [6.07, 6.45) is 3.18. The standard InChI is InChI=1S/C9H16N4O2/c1-14-9-7-11-6-8(13-9)12-3-5-15-4-2-10/h6-7H,2-5,10H2,1H3,(H,12,13). The molecule has 1 aromatic rings. The number of aromatic nitrogens is 2. The van der Waals surface area contributed by atoms with Gasteiger partial charge in [-0.1, -0.05) is 0 Å². The van der Waals surface area contributed by atoms with Crippen LogP contribution < -0.4 is 15.8 Å². The van der Waals surface area contributed by atoms with Crippen molar-refractivity contribution < 1.29 is 9.47 Å². The van der Waals surface area contributed by atoms with E-state index in [2.05, 4.69) is 15.3 Å². The molecule has 0 aliphatic heterocycles. The van der Waals surface area contributed by atoms with Crippen LogP contribution in [0.3, 0.4) is 0 Å². The lowest BCUT2D eigenvalue weighted by molar-refractivity contribution is 0.151. The van der Waals surface area contributed by atoms with E-state index in [-0.39, 0.29) is 0 Å². The lowest BCUT2D eigenvalue weighted by Gasteiger charge is -2.06. The normalized spacial score (nSPS) is 10.0. The van der Waals surface area contributed by atoms with Gasteiger partial charge >= 0.3 is 0 Å². The molecular formula is C9H16N4O2. The first-order valence-corrected chi connectivity index (χ1v) is 4.74. The maximum absolute atomic E-state index is 5.28. The van der Waals surface area contributed by atoms with Crippen LogP contribution in [0.5, 0.6) is 5.88 Å². The van der Waals surface area contributed by atoms with E-state index in [4.69, 9.17) is 15.2 Å². The number of rotatable bonds is 7. The summed E-state index contributed by atoms with van der Waals surface area (Å²) in [5.41, 5.74) is 5.28. The van der Waals surface area contributed by atoms with Crippen molar-refractivity contribution in [2.45, 2.75) is 0 Å². The minimum Gasteiger partial charge on any atom is -0.480 e. The molecule has 0 bridgehead atoms. The fraction of sp³-hybridized carbons (Fsp3) is 0.556. The number of hydrogen-bond donors (Lipinski definition) is 2. The lowest BCUT2D eigenvalue weighted by Crippen LogP contribution is -2.15. The van der Waals surface area contributed by atoms with Crippen molar-refractivity contribution in [1.29, 1.82) is 0 Å². The Labute approximate surface area is 88.8 Å². The summed E-state index contributed by atoms with van der Waals surface area (Å²) in [7, 11) is 1.55. The first-order chi connectivity index (χ1) is 7.36. The molecule has 0 radical (unpaired) electrons. The fourth-order valence-corrected chi connectivity index (χ4v) is 0.968. The van der Waals surface area contributed by atoms with Crippen LogP contribution in [0.2, 0.25) is 0 Å². The van der Waals surface area contributed by atoms with Crippen LogP contribution in [0.1, 0.15) is 0 Å². The van der Waals surface area contributed by atoms with E-state index in [0.717, 1.165) is 0 Å². The maximum Gasteiger partial charge on any atom is 0.233 e. The number of ether oxygens (including phenoxy) is 2. The molecule has 0 atom stereocenters. The maximum atomic E-state index is 5.28. The van der Waals surface area contributed by atoms with Gasteiger partial charge in [0.1, 0.15) is 5.82 Å². The summed E-state index contributed by atoms with van der Waals surface area (Å²) in [4.78, 5) is 8.09. The molecule has 84 valence electrons. The molecule has 0 fully saturated rings. The van der Waals surface area contributed by atoms with E-state index in [1.807, 2.05) is 0 Å². The summed E-state index contributed by atoms with van der Waals surface area (Å²) in [5, 5.41) is 3.06. The third kappa shape index (κ3) is 4.57. The molecule has 0 aliphatic carbocycles. The number of nitrogens with zero attached hydrogens (tertiary/aromatic N) is 2. The van der Waals surface area contributed by atoms with E-state index < -0.39 is 0 Å². The van der Waals surface area contributed by atoms with Gasteiger partial charge in [-0.15, -0.1) is 0 Å². The predicted octanol–water partition coefficient (Wildman–Crippen LogP) is -0.128. The van der Waals surface area contributed by atoms with E-state index >= 15 is 0 Å². The molecule has 0 amide bonds. The summed E-state index contributed by atoms with van der Waals surface area (Å²) in [5.74, 6) is 1.16. The minimum atomic E-state index is 0.489. The molecular weight excluding hydrogens is 196 g/mol. The number of nitrogens with one attached hydrogen (secondary N) is 1. The Morgan fingerprint density at radius 2 is 2.27 bits per heavy atom. The zero-order valence-corrected chi connectivity index (χ0v) is 8.77. The van der Waals surface area contributed by atoms with Crippen molar-refractivity contribution in [2.24, 2.45) is 5.73 Å². The highest BCUT2D eigenvalue weighted by molar-refractivity contribution is 5.32. The highest BCUT2D eigenvalue weighted by Crippen LogP contribution is 2.07. The monoisotopic (exact) mass is 212 g/mol. The van der Waals surface area contributed by atoms with Crippen molar-refractivity contribution in [3.05, 3.63) is 12.4 Å². The number of anilines is 1. The summed E-state index contributed by atoms with van der Waals surface area (Å²) < 4.78 is 10.1. The Morgan fingerprint density at radius 1 is 1.40 bits per heavy atom. The third-order valence-corrected chi connectivity index (χ3v) is 1.64. The van der Waals surface area contributed by atoms with Crippen LogP contribution >= 0.6 is 0 Å². The van der Waals surface area contributed by atoms with Crippen molar-refractivity contribution in [3.63, 3.8) is 0 Å². The van der Waals surface area contributed by atoms with E-state index in [1.165, 1.54) is 0 Å². The molecule has 6 heteroatoms. The zero-order valence-electron chi connectivity index (χ0n) is 8.77. The first-order valence-electron chi connectivity index (χ1n) is 4.74. The number of hydrogen-bond acceptors (Lipinski definition) is 6. The molecule has 0 spiro atoms. The van der Waals surface area contributed by atoms with Crippen molar-refractivity contribution in [2.75, 3.05) is 38.7 Å². The summed E-state index contributed by atoms with van der Waals surface area (Å²) in [6, 6.07) is 0. The molecule has 15 heavy (non-hydrogen) atoms.